The van der Waals surface area contributed by atoms with Crippen molar-refractivity contribution in [2.24, 2.45) is 0 Å². The predicted molar refractivity (Wildman–Crippen MR) is 107 cm³/mol. The molecule has 10 nitrogen and oxygen atoms in total. The molecular weight excluding hydrogens is 394 g/mol. The molecular formula is C20H23N3O7. The summed E-state index contributed by atoms with van der Waals surface area (Å²) >= 11 is 0. The Morgan fingerprint density at radius 1 is 0.967 bits per heavy atom. The first-order valence-corrected chi connectivity index (χ1v) is 8.94. The van der Waals surface area contributed by atoms with Gasteiger partial charge in [-0.3, -0.25) is 9.59 Å². The predicted octanol–water partition coefficient (Wildman–Crippen LogP) is 1.65. The summed E-state index contributed by atoms with van der Waals surface area (Å²) in [7, 11) is 4.32. The van der Waals surface area contributed by atoms with Crippen molar-refractivity contribution in [1.82, 2.24) is 10.3 Å². The van der Waals surface area contributed by atoms with Crippen LogP contribution in [0.1, 0.15) is 27.6 Å². The maximum absolute atomic E-state index is 12.4. The molecule has 0 aliphatic carbocycles. The minimum atomic E-state index is -0.524. The van der Waals surface area contributed by atoms with Crippen molar-refractivity contribution >= 4 is 23.6 Å². The molecule has 2 amide bonds. The van der Waals surface area contributed by atoms with E-state index >= 15 is 0 Å². The standard InChI is InChI=1S/C20H23N3O7/c1-5-30-20(26)12-6-7-21-16(10-12)23-17(24)11-22-19(25)13-8-14(27-2)18(29-4)15(9-13)28-3/h6-10H,5,11H2,1-4H3,(H,22,25)(H,21,23,24). The Morgan fingerprint density at radius 2 is 1.63 bits per heavy atom. The molecule has 30 heavy (non-hydrogen) atoms. The number of pyridine rings is 1. The van der Waals surface area contributed by atoms with Crippen LogP contribution in [0.15, 0.2) is 30.5 Å². The van der Waals surface area contributed by atoms with Crippen molar-refractivity contribution in [2.45, 2.75) is 6.92 Å². The highest BCUT2D eigenvalue weighted by molar-refractivity contribution is 6.00. The number of hydrogen-bond donors (Lipinski definition) is 2. The van der Waals surface area contributed by atoms with Crippen LogP contribution in [0, 0.1) is 0 Å². The van der Waals surface area contributed by atoms with Gasteiger partial charge in [0.05, 0.1) is 40.0 Å². The van der Waals surface area contributed by atoms with Gasteiger partial charge in [0, 0.05) is 11.8 Å². The Morgan fingerprint density at radius 3 is 2.20 bits per heavy atom. The molecule has 0 aliphatic rings. The second kappa shape index (κ2) is 10.6. The number of hydrogen-bond acceptors (Lipinski definition) is 8. The van der Waals surface area contributed by atoms with Crippen LogP contribution in [-0.4, -0.2) is 57.2 Å². The van der Waals surface area contributed by atoms with Crippen molar-refractivity contribution in [3.8, 4) is 17.2 Å². The monoisotopic (exact) mass is 417 g/mol. The van der Waals surface area contributed by atoms with Crippen molar-refractivity contribution < 1.29 is 33.3 Å². The van der Waals surface area contributed by atoms with Gasteiger partial charge in [-0.2, -0.15) is 0 Å². The SMILES string of the molecule is CCOC(=O)c1ccnc(NC(=O)CNC(=O)c2cc(OC)c(OC)c(OC)c2)c1. The van der Waals surface area contributed by atoms with E-state index in [9.17, 15) is 14.4 Å². The lowest BCUT2D eigenvalue weighted by Gasteiger charge is -2.14. The van der Waals surface area contributed by atoms with E-state index < -0.39 is 17.8 Å². The Balaban J connectivity index is 2.02. The third-order valence-corrected chi connectivity index (χ3v) is 3.87. The highest BCUT2D eigenvalue weighted by atomic mass is 16.5. The van der Waals surface area contributed by atoms with Gasteiger partial charge in [0.25, 0.3) is 5.91 Å². The summed E-state index contributed by atoms with van der Waals surface area (Å²) in [6.45, 7) is 1.61. The molecule has 1 heterocycles. The summed E-state index contributed by atoms with van der Waals surface area (Å²) in [6, 6.07) is 5.80. The molecule has 0 radical (unpaired) electrons. The van der Waals surface area contributed by atoms with Crippen LogP contribution in [0.25, 0.3) is 0 Å². The van der Waals surface area contributed by atoms with Crippen LogP contribution < -0.4 is 24.8 Å². The number of carbonyl (C=O) groups is 3. The van der Waals surface area contributed by atoms with Gasteiger partial charge < -0.3 is 29.6 Å². The summed E-state index contributed by atoms with van der Waals surface area (Å²) in [4.78, 5) is 40.3. The third-order valence-electron chi connectivity index (χ3n) is 3.87. The van der Waals surface area contributed by atoms with E-state index in [2.05, 4.69) is 15.6 Å². The number of ether oxygens (including phenoxy) is 4. The van der Waals surface area contributed by atoms with Gasteiger partial charge in [-0.05, 0) is 31.2 Å². The minimum absolute atomic E-state index is 0.160. The van der Waals surface area contributed by atoms with Crippen molar-refractivity contribution in [2.75, 3.05) is 39.8 Å². The number of nitrogens with one attached hydrogen (secondary N) is 2. The zero-order valence-electron chi connectivity index (χ0n) is 17.1. The molecule has 0 saturated carbocycles. The average molecular weight is 417 g/mol. The summed E-state index contributed by atoms with van der Waals surface area (Å²) in [5.41, 5.74) is 0.475. The van der Waals surface area contributed by atoms with Crippen molar-refractivity contribution in [1.29, 1.82) is 0 Å². The van der Waals surface area contributed by atoms with Crippen LogP contribution in [0.5, 0.6) is 17.2 Å². The maximum Gasteiger partial charge on any atom is 0.338 e. The van der Waals surface area contributed by atoms with E-state index in [1.54, 1.807) is 6.92 Å². The van der Waals surface area contributed by atoms with E-state index in [4.69, 9.17) is 18.9 Å². The highest BCUT2D eigenvalue weighted by Gasteiger charge is 2.17. The normalized spacial score (nSPS) is 10.0. The smallest absolute Gasteiger partial charge is 0.338 e. The number of rotatable bonds is 9. The molecule has 1 aromatic heterocycles. The lowest BCUT2D eigenvalue weighted by molar-refractivity contribution is -0.115. The minimum Gasteiger partial charge on any atom is -0.493 e. The summed E-state index contributed by atoms with van der Waals surface area (Å²) in [6.07, 6.45) is 1.37. The van der Waals surface area contributed by atoms with Gasteiger partial charge in [0.2, 0.25) is 11.7 Å². The number of anilines is 1. The van der Waals surface area contributed by atoms with E-state index in [-0.39, 0.29) is 30.1 Å². The topological polar surface area (TPSA) is 125 Å². The zero-order chi connectivity index (χ0) is 22.1. The number of carbonyl (C=O) groups excluding carboxylic acids is 3. The molecule has 10 heteroatoms. The average Bonchev–Trinajstić information content (AvgIpc) is 2.76. The second-order valence-electron chi connectivity index (χ2n) is 5.80. The summed E-state index contributed by atoms with van der Waals surface area (Å²) in [5, 5.41) is 5.00. The number of methoxy groups -OCH3 is 3. The molecule has 2 rings (SSSR count). The van der Waals surface area contributed by atoms with Gasteiger partial charge in [-0.15, -0.1) is 0 Å². The first-order valence-electron chi connectivity index (χ1n) is 8.94. The molecule has 1 aromatic carbocycles. The number of esters is 1. The first kappa shape index (κ1) is 22.5. The fourth-order valence-electron chi connectivity index (χ4n) is 2.50. The van der Waals surface area contributed by atoms with E-state index in [0.717, 1.165) is 0 Å². The summed E-state index contributed by atoms with van der Waals surface area (Å²) < 4.78 is 20.5. The van der Waals surface area contributed by atoms with Crippen LogP contribution in [0.3, 0.4) is 0 Å². The highest BCUT2D eigenvalue weighted by Crippen LogP contribution is 2.38. The van der Waals surface area contributed by atoms with E-state index in [1.807, 2.05) is 0 Å². The number of amides is 2. The Kier molecular flexibility index (Phi) is 7.98. The fraction of sp³-hybridized carbons (Fsp3) is 0.300. The van der Waals surface area contributed by atoms with E-state index in [0.29, 0.717) is 17.2 Å². The van der Waals surface area contributed by atoms with Gasteiger partial charge in [0.1, 0.15) is 5.82 Å². The first-order chi connectivity index (χ1) is 14.4. The van der Waals surface area contributed by atoms with Gasteiger partial charge in [-0.1, -0.05) is 0 Å². The molecule has 2 aromatic rings. The Labute approximate surface area is 173 Å². The van der Waals surface area contributed by atoms with Gasteiger partial charge in [0.15, 0.2) is 11.5 Å². The molecule has 0 spiro atoms. The molecule has 0 unspecified atom stereocenters. The molecule has 0 saturated heterocycles. The fourth-order valence-corrected chi connectivity index (χ4v) is 2.50. The molecule has 0 fully saturated rings. The van der Waals surface area contributed by atoms with Crippen molar-refractivity contribution in [3.63, 3.8) is 0 Å². The van der Waals surface area contributed by atoms with E-state index in [1.165, 1.54) is 51.8 Å². The van der Waals surface area contributed by atoms with Crippen LogP contribution >= 0.6 is 0 Å². The van der Waals surface area contributed by atoms with Crippen molar-refractivity contribution in [3.05, 3.63) is 41.6 Å². The second-order valence-corrected chi connectivity index (χ2v) is 5.80. The molecule has 0 atom stereocenters. The molecule has 0 aliphatic heterocycles. The molecule has 0 bridgehead atoms. The van der Waals surface area contributed by atoms with Crippen LogP contribution in [0.2, 0.25) is 0 Å². The van der Waals surface area contributed by atoms with Gasteiger partial charge in [-0.25, -0.2) is 9.78 Å². The quantitative estimate of drug-likeness (QED) is 0.590. The lowest BCUT2D eigenvalue weighted by Crippen LogP contribution is -2.33. The Hall–Kier alpha value is -3.82. The maximum atomic E-state index is 12.4. The number of nitrogens with zero attached hydrogens (tertiary/aromatic N) is 1. The lowest BCUT2D eigenvalue weighted by atomic mass is 10.1. The Bertz CT molecular complexity index is 905. The molecule has 2 N–H and O–H groups in total. The largest absolute Gasteiger partial charge is 0.493 e. The number of aromatic nitrogens is 1. The van der Waals surface area contributed by atoms with Crippen LogP contribution in [-0.2, 0) is 9.53 Å². The summed E-state index contributed by atoms with van der Waals surface area (Å²) in [5.74, 6) is -0.430. The zero-order valence-corrected chi connectivity index (χ0v) is 17.1. The number of benzene rings is 1. The van der Waals surface area contributed by atoms with Gasteiger partial charge >= 0.3 is 5.97 Å². The van der Waals surface area contributed by atoms with Crippen LogP contribution in [0.4, 0.5) is 5.82 Å². The third kappa shape index (κ3) is 5.60. The molecule has 160 valence electrons.